The fourth-order valence-corrected chi connectivity index (χ4v) is 3.94. The first-order valence-electron chi connectivity index (χ1n) is 10.7. The summed E-state index contributed by atoms with van der Waals surface area (Å²) in [5, 5.41) is 24.4. The highest BCUT2D eigenvalue weighted by molar-refractivity contribution is 6.35. The molecule has 0 aliphatic heterocycles. The Morgan fingerprint density at radius 3 is 2.81 bits per heavy atom. The molecule has 0 radical (unpaired) electrons. The summed E-state index contributed by atoms with van der Waals surface area (Å²) in [6.45, 7) is 1.71. The molecule has 0 aliphatic carbocycles. The number of nitrogens with zero attached hydrogens (tertiary/aromatic N) is 8. The van der Waals surface area contributed by atoms with Gasteiger partial charge in [0.15, 0.2) is 17.2 Å². The first-order valence-corrected chi connectivity index (χ1v) is 11.0. The molecule has 5 rings (SSSR count). The number of H-pyrrole nitrogens is 1. The number of nitrogens with two attached hydrogens (primary N) is 1. The van der Waals surface area contributed by atoms with Gasteiger partial charge in [0.05, 0.1) is 46.6 Å². The molecule has 0 saturated heterocycles. The van der Waals surface area contributed by atoms with Crippen LogP contribution in [0.2, 0.25) is 5.02 Å². The van der Waals surface area contributed by atoms with Crippen molar-refractivity contribution in [3.8, 4) is 28.7 Å². The van der Waals surface area contributed by atoms with Crippen LogP contribution < -0.4 is 11.1 Å². The monoisotopic (exact) mass is 499 g/mol. The smallest absolute Gasteiger partial charge is 0.274 e. The minimum atomic E-state index is -0.574. The van der Waals surface area contributed by atoms with E-state index >= 15 is 0 Å². The van der Waals surface area contributed by atoms with E-state index in [0.717, 1.165) is 5.39 Å². The molecule has 0 fully saturated rings. The molecule has 4 aromatic heterocycles. The van der Waals surface area contributed by atoms with Gasteiger partial charge >= 0.3 is 0 Å². The van der Waals surface area contributed by atoms with Gasteiger partial charge in [0.2, 0.25) is 0 Å². The van der Waals surface area contributed by atoms with Gasteiger partial charge in [-0.1, -0.05) is 11.6 Å². The summed E-state index contributed by atoms with van der Waals surface area (Å²) in [5.41, 5.74) is 9.25. The number of fused-ring (bicyclic) bond motifs is 1. The zero-order valence-electron chi connectivity index (χ0n) is 19.1. The molecule has 1 aromatic carbocycles. The molecule has 0 aliphatic rings. The van der Waals surface area contributed by atoms with Crippen molar-refractivity contribution in [2.24, 2.45) is 7.05 Å². The van der Waals surface area contributed by atoms with Gasteiger partial charge < -0.3 is 11.1 Å². The molecule has 4 heterocycles. The van der Waals surface area contributed by atoms with Crippen molar-refractivity contribution in [2.45, 2.75) is 13.0 Å². The van der Waals surface area contributed by atoms with E-state index in [2.05, 4.69) is 40.5 Å². The van der Waals surface area contributed by atoms with Crippen LogP contribution in [0.3, 0.4) is 0 Å². The molecule has 0 saturated carbocycles. The van der Waals surface area contributed by atoms with Crippen LogP contribution in [-0.4, -0.2) is 45.8 Å². The Bertz CT molecular complexity index is 1670. The van der Waals surface area contributed by atoms with Crippen molar-refractivity contribution in [1.29, 1.82) is 5.26 Å². The molecule has 12 nitrogen and oxygen atoms in total. The topological polar surface area (TPSA) is 177 Å². The van der Waals surface area contributed by atoms with Crippen LogP contribution in [0, 0.1) is 11.3 Å². The Labute approximate surface area is 209 Å². The van der Waals surface area contributed by atoms with Crippen LogP contribution in [-0.2, 0) is 7.05 Å². The summed E-state index contributed by atoms with van der Waals surface area (Å²) < 4.78 is 1.63. The van der Waals surface area contributed by atoms with Crippen molar-refractivity contribution in [3.63, 3.8) is 0 Å². The number of hydrogen-bond acceptors (Lipinski definition) is 9. The normalized spacial score (nSPS) is 11.8. The van der Waals surface area contributed by atoms with Crippen LogP contribution >= 0.6 is 11.6 Å². The standard InChI is InChI=1S/C23H18ClN11O/c1-11(17-10-27-9-14(7-25)30-17)29-23(36)21-22(26)32-20(16-3-4-35(2)34-16)19(31-21)12-5-13-8-28-33-18(13)15(24)6-12/h3-6,8-11H,1-2H3,(H2,26,32)(H,28,33)(H,29,36). The molecule has 1 amide bonds. The van der Waals surface area contributed by atoms with E-state index in [0.29, 0.717) is 38.9 Å². The minimum absolute atomic E-state index is 0.0727. The zero-order chi connectivity index (χ0) is 25.4. The lowest BCUT2D eigenvalue weighted by Crippen LogP contribution is -2.29. The maximum absolute atomic E-state index is 13.2. The average molecular weight is 500 g/mol. The second-order valence-electron chi connectivity index (χ2n) is 7.96. The first kappa shape index (κ1) is 22.9. The molecule has 4 N–H and O–H groups in total. The number of aromatic amines is 1. The van der Waals surface area contributed by atoms with E-state index in [4.69, 9.17) is 22.6 Å². The van der Waals surface area contributed by atoms with Gasteiger partial charge in [-0.05, 0) is 25.1 Å². The van der Waals surface area contributed by atoms with Gasteiger partial charge in [0, 0.05) is 24.2 Å². The van der Waals surface area contributed by atoms with Gasteiger partial charge in [-0.25, -0.2) is 15.0 Å². The number of aromatic nitrogens is 8. The Kier molecular flexibility index (Phi) is 5.75. The van der Waals surface area contributed by atoms with Crippen LogP contribution in [0.25, 0.3) is 33.5 Å². The number of nitriles is 1. The molecule has 0 spiro atoms. The van der Waals surface area contributed by atoms with Gasteiger partial charge in [0.1, 0.15) is 17.5 Å². The van der Waals surface area contributed by atoms with E-state index in [1.54, 1.807) is 43.2 Å². The third kappa shape index (κ3) is 4.19. The number of anilines is 1. The number of nitrogen functional groups attached to an aromatic ring is 1. The average Bonchev–Trinajstić information content (AvgIpc) is 3.53. The van der Waals surface area contributed by atoms with E-state index in [1.807, 2.05) is 12.1 Å². The lowest BCUT2D eigenvalue weighted by Gasteiger charge is -2.15. The lowest BCUT2D eigenvalue weighted by atomic mass is 10.1. The number of carbonyl (C=O) groups is 1. The fraction of sp³-hybridized carbons (Fsp3) is 0.130. The number of halogens is 1. The molecule has 36 heavy (non-hydrogen) atoms. The predicted octanol–water partition coefficient (Wildman–Crippen LogP) is 2.81. The summed E-state index contributed by atoms with van der Waals surface area (Å²) in [6, 6.07) is 6.67. The number of carbonyl (C=O) groups excluding carboxylic acids is 1. The Balaban J connectivity index is 1.59. The van der Waals surface area contributed by atoms with Crippen molar-refractivity contribution >= 4 is 34.2 Å². The molecular weight excluding hydrogens is 482 g/mol. The second kappa shape index (κ2) is 9.05. The third-order valence-electron chi connectivity index (χ3n) is 5.43. The predicted molar refractivity (Wildman–Crippen MR) is 131 cm³/mol. The summed E-state index contributed by atoms with van der Waals surface area (Å²) in [5.74, 6) is -0.641. The highest BCUT2D eigenvalue weighted by atomic mass is 35.5. The van der Waals surface area contributed by atoms with E-state index < -0.39 is 11.9 Å². The Morgan fingerprint density at radius 2 is 2.06 bits per heavy atom. The van der Waals surface area contributed by atoms with Crippen molar-refractivity contribution < 1.29 is 4.79 Å². The number of amides is 1. The Morgan fingerprint density at radius 1 is 1.22 bits per heavy atom. The zero-order valence-corrected chi connectivity index (χ0v) is 19.8. The largest absolute Gasteiger partial charge is 0.382 e. The molecule has 5 aromatic rings. The van der Waals surface area contributed by atoms with Crippen molar-refractivity contribution in [3.05, 3.63) is 65.1 Å². The Hall–Kier alpha value is -4.89. The summed E-state index contributed by atoms with van der Waals surface area (Å²) >= 11 is 6.47. The summed E-state index contributed by atoms with van der Waals surface area (Å²) in [7, 11) is 1.78. The quantitative estimate of drug-likeness (QED) is 0.328. The number of aryl methyl sites for hydroxylation is 1. The molecular formula is C23H18ClN11O. The van der Waals surface area contributed by atoms with Crippen molar-refractivity contribution in [2.75, 3.05) is 5.73 Å². The fourth-order valence-electron chi connectivity index (χ4n) is 3.67. The molecule has 1 unspecified atom stereocenters. The second-order valence-corrected chi connectivity index (χ2v) is 8.36. The van der Waals surface area contributed by atoms with Crippen LogP contribution in [0.15, 0.2) is 43.0 Å². The van der Waals surface area contributed by atoms with Crippen LogP contribution in [0.1, 0.15) is 34.8 Å². The molecule has 0 bridgehead atoms. The maximum Gasteiger partial charge on any atom is 0.274 e. The minimum Gasteiger partial charge on any atom is -0.382 e. The SMILES string of the molecule is CC(NC(=O)c1nc(-c2cc(Cl)c3[nH]ncc3c2)c(-c2ccn(C)n2)nc1N)c1cncc(C#N)n1. The van der Waals surface area contributed by atoms with E-state index in [9.17, 15) is 4.79 Å². The number of nitrogens with one attached hydrogen (secondary N) is 2. The third-order valence-corrected chi connectivity index (χ3v) is 5.73. The van der Waals surface area contributed by atoms with Crippen LogP contribution in [0.4, 0.5) is 5.82 Å². The van der Waals surface area contributed by atoms with Crippen molar-refractivity contribution in [1.82, 2.24) is 45.2 Å². The highest BCUT2D eigenvalue weighted by Gasteiger charge is 2.23. The molecule has 178 valence electrons. The highest BCUT2D eigenvalue weighted by Crippen LogP contribution is 2.34. The first-order chi connectivity index (χ1) is 17.3. The van der Waals surface area contributed by atoms with Gasteiger partial charge in [-0.15, -0.1) is 0 Å². The summed E-state index contributed by atoms with van der Waals surface area (Å²) in [6.07, 6.45) is 6.22. The molecule has 13 heteroatoms. The summed E-state index contributed by atoms with van der Waals surface area (Å²) in [4.78, 5) is 30.5. The van der Waals surface area contributed by atoms with Crippen LogP contribution in [0.5, 0.6) is 0 Å². The van der Waals surface area contributed by atoms with E-state index in [-0.39, 0.29) is 17.2 Å². The number of benzene rings is 1. The van der Waals surface area contributed by atoms with Gasteiger partial charge in [-0.3, -0.25) is 19.6 Å². The maximum atomic E-state index is 13.2. The number of hydrogen-bond donors (Lipinski definition) is 3. The van der Waals surface area contributed by atoms with Gasteiger partial charge in [-0.2, -0.15) is 15.5 Å². The van der Waals surface area contributed by atoms with Gasteiger partial charge in [0.25, 0.3) is 5.91 Å². The number of rotatable bonds is 5. The van der Waals surface area contributed by atoms with E-state index in [1.165, 1.54) is 12.4 Å². The lowest BCUT2D eigenvalue weighted by molar-refractivity contribution is 0.0935. The molecule has 1 atom stereocenters.